The topological polar surface area (TPSA) is 15.3 Å². The van der Waals surface area contributed by atoms with Gasteiger partial charge in [0.2, 0.25) is 0 Å². The number of allylic oxidation sites excluding steroid dienone is 11. The lowest BCUT2D eigenvalue weighted by Gasteiger charge is -2.11. The molecule has 0 aromatic carbocycles. The summed E-state index contributed by atoms with van der Waals surface area (Å²) in [6.07, 6.45) is 11.8. The summed E-state index contributed by atoms with van der Waals surface area (Å²) in [7, 11) is 5.80. The quantitative estimate of drug-likeness (QED) is 0.609. The van der Waals surface area contributed by atoms with Crippen LogP contribution in [-0.4, -0.2) is 26.0 Å². The van der Waals surface area contributed by atoms with E-state index in [4.69, 9.17) is 0 Å². The van der Waals surface area contributed by atoms with Crippen molar-refractivity contribution >= 4 is 0 Å². The molecule has 0 aliphatic rings. The summed E-state index contributed by atoms with van der Waals surface area (Å²) in [5.41, 5.74) is 5.77. The average Bonchev–Trinajstić information content (AvgIpc) is 2.53. The number of nitrogens with one attached hydrogen (secondary N) is 1. The second-order valence-corrected chi connectivity index (χ2v) is 5.58. The lowest BCUT2D eigenvalue weighted by Crippen LogP contribution is -2.07. The largest absolute Gasteiger partial charge is 0.392 e. The molecule has 0 fully saturated rings. The van der Waals surface area contributed by atoms with Gasteiger partial charge < -0.3 is 10.2 Å². The summed E-state index contributed by atoms with van der Waals surface area (Å²) in [5.74, 6) is 0. The van der Waals surface area contributed by atoms with Gasteiger partial charge >= 0.3 is 0 Å². The number of hydrogen-bond acceptors (Lipinski definition) is 2. The lowest BCUT2D eigenvalue weighted by atomic mass is 10.0. The Morgan fingerprint density at radius 3 is 1.74 bits per heavy atom. The summed E-state index contributed by atoms with van der Waals surface area (Å²) in [6.45, 7) is 20.1. The van der Waals surface area contributed by atoms with Crippen molar-refractivity contribution < 1.29 is 0 Å². The van der Waals surface area contributed by atoms with E-state index in [1.165, 1.54) is 0 Å². The summed E-state index contributed by atoms with van der Waals surface area (Å²) in [5, 5.41) is 3.08. The first-order valence-electron chi connectivity index (χ1n) is 7.51. The Labute approximate surface area is 142 Å². The van der Waals surface area contributed by atoms with Gasteiger partial charge in [-0.15, -0.1) is 0 Å². The molecule has 2 heteroatoms. The highest BCUT2D eigenvalue weighted by atomic mass is 15.1. The zero-order chi connectivity index (χ0) is 18.0. The maximum absolute atomic E-state index is 4.07. The number of nitrogens with zero attached hydrogens (tertiary/aromatic N) is 1. The smallest absolute Gasteiger partial charge is 0.0288 e. The van der Waals surface area contributed by atoms with Gasteiger partial charge in [0.15, 0.2) is 0 Å². The predicted octanol–water partition coefficient (Wildman–Crippen LogP) is 4.91. The van der Waals surface area contributed by atoms with Crippen molar-refractivity contribution in [2.24, 2.45) is 0 Å². The maximum atomic E-state index is 4.07. The van der Waals surface area contributed by atoms with Crippen LogP contribution in [0.1, 0.15) is 13.8 Å². The van der Waals surface area contributed by atoms with Gasteiger partial charge in [0, 0.05) is 32.5 Å². The third-order valence-electron chi connectivity index (χ3n) is 3.43. The van der Waals surface area contributed by atoms with Crippen molar-refractivity contribution in [3.63, 3.8) is 0 Å². The van der Waals surface area contributed by atoms with Gasteiger partial charge in [-0.1, -0.05) is 50.6 Å². The highest BCUT2D eigenvalue weighted by Crippen LogP contribution is 2.14. The molecule has 2 nitrogen and oxygen atoms in total. The van der Waals surface area contributed by atoms with Crippen LogP contribution in [0.3, 0.4) is 0 Å². The van der Waals surface area contributed by atoms with Crippen LogP contribution in [0.2, 0.25) is 0 Å². The molecule has 0 aliphatic heterocycles. The fourth-order valence-corrected chi connectivity index (χ4v) is 1.33. The van der Waals surface area contributed by atoms with Crippen LogP contribution in [-0.2, 0) is 0 Å². The van der Waals surface area contributed by atoms with Gasteiger partial charge in [-0.05, 0) is 48.3 Å². The van der Waals surface area contributed by atoms with E-state index in [2.05, 4.69) is 31.6 Å². The number of rotatable bonds is 9. The molecule has 0 unspecified atom stereocenters. The van der Waals surface area contributed by atoms with Gasteiger partial charge in [-0.25, -0.2) is 0 Å². The monoisotopic (exact) mass is 310 g/mol. The molecule has 124 valence electrons. The summed E-state index contributed by atoms with van der Waals surface area (Å²) in [4.78, 5) is 1.94. The van der Waals surface area contributed by atoms with E-state index in [-0.39, 0.29) is 0 Å². The second kappa shape index (κ2) is 10.3. The van der Waals surface area contributed by atoms with E-state index in [1.54, 1.807) is 0 Å². The molecule has 0 radical (unpaired) electrons. The Balaban J connectivity index is 4.77. The van der Waals surface area contributed by atoms with Crippen molar-refractivity contribution in [1.82, 2.24) is 10.2 Å². The van der Waals surface area contributed by atoms with Crippen molar-refractivity contribution in [2.45, 2.75) is 13.8 Å². The van der Waals surface area contributed by atoms with Crippen LogP contribution < -0.4 is 5.32 Å². The molecule has 0 aliphatic carbocycles. The Morgan fingerprint density at radius 1 is 0.783 bits per heavy atom. The Hall–Kier alpha value is -2.48. The molecule has 0 aromatic rings. The molecule has 0 spiro atoms. The minimum absolute atomic E-state index is 0.851. The highest BCUT2D eigenvalue weighted by molar-refractivity contribution is 5.48. The van der Waals surface area contributed by atoms with Gasteiger partial charge in [0.25, 0.3) is 0 Å². The molecule has 0 aromatic heterocycles. The van der Waals surface area contributed by atoms with Crippen molar-refractivity contribution in [3.05, 3.63) is 96.5 Å². The zero-order valence-electron chi connectivity index (χ0n) is 15.2. The van der Waals surface area contributed by atoms with E-state index in [1.807, 2.05) is 76.3 Å². The van der Waals surface area contributed by atoms with Crippen LogP contribution in [0.5, 0.6) is 0 Å². The molecule has 0 saturated carbocycles. The Morgan fingerprint density at radius 2 is 1.26 bits per heavy atom. The highest BCUT2D eigenvalue weighted by Gasteiger charge is 1.96. The van der Waals surface area contributed by atoms with E-state index in [0.29, 0.717) is 0 Å². The molecule has 23 heavy (non-hydrogen) atoms. The van der Waals surface area contributed by atoms with Crippen molar-refractivity contribution in [3.8, 4) is 0 Å². The second-order valence-electron chi connectivity index (χ2n) is 5.58. The molecule has 0 saturated heterocycles. The number of likely N-dealkylation sites (N-methyl/N-ethyl adjacent to an activating group) is 1. The molecular weight excluding hydrogens is 280 g/mol. The van der Waals surface area contributed by atoms with E-state index < -0.39 is 0 Å². The maximum Gasteiger partial charge on any atom is 0.0288 e. The Bertz CT molecular complexity index is 593. The molecule has 0 rings (SSSR count). The molecule has 0 amide bonds. The van der Waals surface area contributed by atoms with E-state index >= 15 is 0 Å². The van der Waals surface area contributed by atoms with Crippen LogP contribution in [0.25, 0.3) is 0 Å². The van der Waals surface area contributed by atoms with E-state index in [0.717, 1.165) is 33.7 Å². The summed E-state index contributed by atoms with van der Waals surface area (Å²) >= 11 is 0. The van der Waals surface area contributed by atoms with Gasteiger partial charge in [-0.2, -0.15) is 0 Å². The fraction of sp³-hybridized carbons (Fsp3) is 0.238. The van der Waals surface area contributed by atoms with Crippen LogP contribution >= 0.6 is 0 Å². The normalized spacial score (nSPS) is 12.6. The molecule has 0 bridgehead atoms. The van der Waals surface area contributed by atoms with Crippen molar-refractivity contribution in [1.29, 1.82) is 0 Å². The van der Waals surface area contributed by atoms with Gasteiger partial charge in [-0.3, -0.25) is 0 Å². The predicted molar refractivity (Wildman–Crippen MR) is 105 cm³/mol. The number of hydrogen-bond donors (Lipinski definition) is 1. The lowest BCUT2D eigenvalue weighted by molar-refractivity contribution is 0.532. The minimum atomic E-state index is 0.851. The summed E-state index contributed by atoms with van der Waals surface area (Å²) < 4.78 is 0. The third kappa shape index (κ3) is 8.52. The first-order chi connectivity index (χ1) is 10.7. The zero-order valence-corrected chi connectivity index (χ0v) is 15.2. The van der Waals surface area contributed by atoms with Gasteiger partial charge in [0.1, 0.15) is 0 Å². The molecule has 0 heterocycles. The fourth-order valence-electron chi connectivity index (χ4n) is 1.33. The first kappa shape index (κ1) is 20.5. The van der Waals surface area contributed by atoms with Crippen LogP contribution in [0.4, 0.5) is 0 Å². The Kier molecular flexibility index (Phi) is 9.17. The standard InChI is InChI=1S/C21H30N2/c1-16(18(3)12-14-20(5)22-7)10-11-17(2)19(4)13-15-21(6)23(8)9/h10-15,22H,1-2,4,6H2,3,5,7-9H3/b11-10-,15-13-,18-12+,20-14+. The first-order valence-corrected chi connectivity index (χ1v) is 7.51. The van der Waals surface area contributed by atoms with Crippen LogP contribution in [0, 0.1) is 0 Å². The summed E-state index contributed by atoms with van der Waals surface area (Å²) in [6, 6.07) is 0. The van der Waals surface area contributed by atoms with Crippen molar-refractivity contribution in [2.75, 3.05) is 21.1 Å². The SMILES string of the molecule is C=C(/C=C\C(=C)/C(C)=C/C=C(\C)NC)C(=C)/C=C\C(=C)N(C)C. The van der Waals surface area contributed by atoms with E-state index in [9.17, 15) is 0 Å². The minimum Gasteiger partial charge on any atom is -0.392 e. The third-order valence-corrected chi connectivity index (χ3v) is 3.43. The molecule has 1 N–H and O–H groups in total. The van der Waals surface area contributed by atoms with Crippen LogP contribution in [0.15, 0.2) is 96.5 Å². The molecular formula is C21H30N2. The average molecular weight is 310 g/mol. The van der Waals surface area contributed by atoms with Gasteiger partial charge in [0.05, 0.1) is 0 Å². The molecule has 0 atom stereocenters.